The van der Waals surface area contributed by atoms with Crippen LogP contribution >= 0.6 is 0 Å². The molecule has 4 heteroatoms. The first-order valence-electron chi connectivity index (χ1n) is 7.85. The number of ether oxygens (including phenoxy) is 1. The summed E-state index contributed by atoms with van der Waals surface area (Å²) in [6.07, 6.45) is 5.79. The van der Waals surface area contributed by atoms with Crippen LogP contribution in [-0.4, -0.2) is 37.4 Å². The third-order valence-electron chi connectivity index (χ3n) is 4.08. The molecular weight excluding hydrogens is 266 g/mol. The summed E-state index contributed by atoms with van der Waals surface area (Å²) >= 11 is 0. The lowest BCUT2D eigenvalue weighted by atomic mass is 9.94. The Morgan fingerprint density at radius 1 is 1.19 bits per heavy atom. The molecule has 1 N–H and O–H groups in total. The van der Waals surface area contributed by atoms with Crippen molar-refractivity contribution >= 4 is 11.7 Å². The third-order valence-corrected chi connectivity index (χ3v) is 4.08. The van der Waals surface area contributed by atoms with Gasteiger partial charge < -0.3 is 14.7 Å². The molecular formula is C17H25NO3. The summed E-state index contributed by atoms with van der Waals surface area (Å²) in [6.45, 7) is 2.68. The second-order valence-electron chi connectivity index (χ2n) is 5.70. The number of benzene rings is 1. The van der Waals surface area contributed by atoms with Crippen LogP contribution in [0.25, 0.3) is 0 Å². The van der Waals surface area contributed by atoms with Gasteiger partial charge in [0.2, 0.25) is 0 Å². The van der Waals surface area contributed by atoms with Gasteiger partial charge in [-0.3, -0.25) is 4.79 Å². The molecule has 1 fully saturated rings. The van der Waals surface area contributed by atoms with Crippen LogP contribution in [0.2, 0.25) is 0 Å². The molecule has 0 aromatic heterocycles. The fraction of sp³-hybridized carbons (Fsp3) is 0.588. The molecule has 0 spiro atoms. The molecule has 0 saturated carbocycles. The maximum absolute atomic E-state index is 11.0. The molecule has 1 aromatic rings. The molecule has 1 aliphatic rings. The zero-order chi connectivity index (χ0) is 14.9. The van der Waals surface area contributed by atoms with Crippen molar-refractivity contribution in [3.05, 3.63) is 30.3 Å². The highest BCUT2D eigenvalue weighted by Gasteiger charge is 2.14. The number of nitrogens with zero attached hydrogens (tertiary/aromatic N) is 1. The topological polar surface area (TPSA) is 49.8 Å². The number of para-hydroxylation sites is 1. The molecule has 1 saturated heterocycles. The predicted octanol–water partition coefficient (Wildman–Crippen LogP) is 3.17. The van der Waals surface area contributed by atoms with Gasteiger partial charge in [-0.2, -0.15) is 0 Å². The number of carboxylic acid groups (broad SMARTS) is 1. The normalized spacial score (nSPS) is 15.8. The van der Waals surface area contributed by atoms with E-state index in [1.165, 1.54) is 19.3 Å². The summed E-state index contributed by atoms with van der Waals surface area (Å²) in [5, 5.41) is 9.05. The minimum atomic E-state index is -0.775. The molecule has 1 aliphatic heterocycles. The zero-order valence-electron chi connectivity index (χ0n) is 12.5. The van der Waals surface area contributed by atoms with E-state index < -0.39 is 5.97 Å². The van der Waals surface area contributed by atoms with Crippen molar-refractivity contribution in [2.45, 2.75) is 32.1 Å². The Kier molecular flexibility index (Phi) is 6.54. The Morgan fingerprint density at radius 2 is 1.90 bits per heavy atom. The number of rotatable bonds is 8. The molecule has 21 heavy (non-hydrogen) atoms. The molecule has 0 aliphatic carbocycles. The number of aliphatic carboxylic acids is 1. The van der Waals surface area contributed by atoms with E-state index in [-0.39, 0.29) is 6.54 Å². The van der Waals surface area contributed by atoms with Crippen LogP contribution < -0.4 is 4.90 Å². The summed E-state index contributed by atoms with van der Waals surface area (Å²) < 4.78 is 5.37. The van der Waals surface area contributed by atoms with Crippen LogP contribution in [0.3, 0.4) is 0 Å². The summed E-state index contributed by atoms with van der Waals surface area (Å²) in [5.41, 5.74) is 0.992. The molecule has 4 nitrogen and oxygen atoms in total. The summed E-state index contributed by atoms with van der Waals surface area (Å²) in [7, 11) is 0. The first-order chi connectivity index (χ1) is 10.3. The van der Waals surface area contributed by atoms with Gasteiger partial charge in [0.1, 0.15) is 6.54 Å². The summed E-state index contributed by atoms with van der Waals surface area (Å²) in [5.74, 6) is 0.0201. The lowest BCUT2D eigenvalue weighted by Gasteiger charge is -2.24. The van der Waals surface area contributed by atoms with Gasteiger partial charge in [0.25, 0.3) is 0 Å². The van der Waals surface area contributed by atoms with Crippen molar-refractivity contribution < 1.29 is 14.6 Å². The van der Waals surface area contributed by atoms with Crippen molar-refractivity contribution in [1.82, 2.24) is 0 Å². The number of carboxylic acids is 1. The largest absolute Gasteiger partial charge is 0.480 e. The van der Waals surface area contributed by atoms with E-state index in [4.69, 9.17) is 9.84 Å². The Hall–Kier alpha value is -1.55. The van der Waals surface area contributed by atoms with E-state index in [1.807, 2.05) is 35.2 Å². The molecule has 2 rings (SSSR count). The Balaban J connectivity index is 1.75. The van der Waals surface area contributed by atoms with Crippen molar-refractivity contribution in [3.63, 3.8) is 0 Å². The quantitative estimate of drug-likeness (QED) is 0.747. The van der Waals surface area contributed by atoms with Gasteiger partial charge in [-0.1, -0.05) is 31.0 Å². The fourth-order valence-electron chi connectivity index (χ4n) is 2.87. The van der Waals surface area contributed by atoms with E-state index in [0.29, 0.717) is 0 Å². The molecule has 0 atom stereocenters. The molecule has 1 aromatic carbocycles. The predicted molar refractivity (Wildman–Crippen MR) is 83.7 cm³/mol. The Labute approximate surface area is 126 Å². The van der Waals surface area contributed by atoms with Crippen LogP contribution in [0.4, 0.5) is 5.69 Å². The molecule has 1 heterocycles. The van der Waals surface area contributed by atoms with Gasteiger partial charge in [0.15, 0.2) is 0 Å². The molecule has 0 radical (unpaired) electrons. The maximum Gasteiger partial charge on any atom is 0.323 e. The smallest absolute Gasteiger partial charge is 0.323 e. The lowest BCUT2D eigenvalue weighted by molar-refractivity contribution is -0.135. The van der Waals surface area contributed by atoms with Gasteiger partial charge in [-0.05, 0) is 37.3 Å². The van der Waals surface area contributed by atoms with Crippen LogP contribution in [0.1, 0.15) is 32.1 Å². The minimum Gasteiger partial charge on any atom is -0.480 e. The summed E-state index contributed by atoms with van der Waals surface area (Å²) in [4.78, 5) is 13.0. The fourth-order valence-corrected chi connectivity index (χ4v) is 2.87. The standard InChI is InChI=1S/C17H25NO3/c19-17(20)14-18(16-7-2-1-3-8-16)11-5-4-6-15-9-12-21-13-10-15/h1-3,7-8,15H,4-6,9-14H2,(H,19,20). The van der Waals surface area contributed by atoms with Gasteiger partial charge in [-0.15, -0.1) is 0 Å². The van der Waals surface area contributed by atoms with Crippen molar-refractivity contribution in [1.29, 1.82) is 0 Å². The highest BCUT2D eigenvalue weighted by atomic mass is 16.5. The van der Waals surface area contributed by atoms with Crippen LogP contribution in [0, 0.1) is 5.92 Å². The van der Waals surface area contributed by atoms with Crippen LogP contribution in [0.15, 0.2) is 30.3 Å². The number of hydrogen-bond donors (Lipinski definition) is 1. The van der Waals surface area contributed by atoms with Crippen LogP contribution in [0.5, 0.6) is 0 Å². The highest BCUT2D eigenvalue weighted by molar-refractivity contribution is 5.73. The van der Waals surface area contributed by atoms with Gasteiger partial charge in [0, 0.05) is 25.4 Å². The highest BCUT2D eigenvalue weighted by Crippen LogP contribution is 2.21. The van der Waals surface area contributed by atoms with Crippen molar-refractivity contribution in [3.8, 4) is 0 Å². The van der Waals surface area contributed by atoms with E-state index in [0.717, 1.165) is 44.2 Å². The van der Waals surface area contributed by atoms with Crippen molar-refractivity contribution in [2.24, 2.45) is 5.92 Å². The molecule has 0 amide bonds. The number of carbonyl (C=O) groups is 1. The molecule has 0 bridgehead atoms. The minimum absolute atomic E-state index is 0.0707. The van der Waals surface area contributed by atoms with E-state index in [1.54, 1.807) is 0 Å². The van der Waals surface area contributed by atoms with Crippen molar-refractivity contribution in [2.75, 3.05) is 31.2 Å². The van der Waals surface area contributed by atoms with Crippen LogP contribution in [-0.2, 0) is 9.53 Å². The third kappa shape index (κ3) is 5.76. The average molecular weight is 291 g/mol. The zero-order valence-corrected chi connectivity index (χ0v) is 12.5. The number of anilines is 1. The van der Waals surface area contributed by atoms with Gasteiger partial charge in [0.05, 0.1) is 0 Å². The van der Waals surface area contributed by atoms with E-state index in [9.17, 15) is 4.79 Å². The van der Waals surface area contributed by atoms with E-state index >= 15 is 0 Å². The Morgan fingerprint density at radius 3 is 2.57 bits per heavy atom. The first-order valence-corrected chi connectivity index (χ1v) is 7.85. The number of hydrogen-bond acceptors (Lipinski definition) is 3. The van der Waals surface area contributed by atoms with Gasteiger partial charge >= 0.3 is 5.97 Å². The first kappa shape index (κ1) is 15.8. The Bertz CT molecular complexity index is 415. The monoisotopic (exact) mass is 291 g/mol. The average Bonchev–Trinajstić information content (AvgIpc) is 2.52. The second-order valence-corrected chi connectivity index (χ2v) is 5.70. The maximum atomic E-state index is 11.0. The number of unbranched alkanes of at least 4 members (excludes halogenated alkanes) is 1. The van der Waals surface area contributed by atoms with Gasteiger partial charge in [-0.25, -0.2) is 0 Å². The SMILES string of the molecule is O=C(O)CN(CCCCC1CCOCC1)c1ccccc1. The second kappa shape index (κ2) is 8.67. The molecule has 116 valence electrons. The lowest BCUT2D eigenvalue weighted by Crippen LogP contribution is -2.30. The molecule has 0 unspecified atom stereocenters. The van der Waals surface area contributed by atoms with E-state index in [2.05, 4.69) is 0 Å². The summed E-state index contributed by atoms with van der Waals surface area (Å²) in [6, 6.07) is 9.80.